The molecule has 0 saturated heterocycles. The van der Waals surface area contributed by atoms with Crippen LogP contribution in [0.15, 0.2) is 42.5 Å². The van der Waals surface area contributed by atoms with E-state index < -0.39 is 30.1 Å². The molecule has 1 aliphatic rings. The average molecular weight is 527 g/mol. The van der Waals surface area contributed by atoms with E-state index in [-0.39, 0.29) is 44.6 Å². The van der Waals surface area contributed by atoms with Crippen LogP contribution in [0.5, 0.6) is 0 Å². The number of aliphatic hydroxyl groups is 1. The summed E-state index contributed by atoms with van der Waals surface area (Å²) in [6.45, 7) is 4.02. The fourth-order valence-corrected chi connectivity index (χ4v) is 4.90. The van der Waals surface area contributed by atoms with Gasteiger partial charge in [-0.15, -0.1) is 0 Å². The first-order chi connectivity index (χ1) is 18.3. The van der Waals surface area contributed by atoms with Gasteiger partial charge in [-0.05, 0) is 36.1 Å². The average Bonchev–Trinajstić information content (AvgIpc) is 2.94. The third-order valence-corrected chi connectivity index (χ3v) is 7.11. The third-order valence-electron chi connectivity index (χ3n) is 7.11. The standard InChI is InChI=1S/C29H42N4O5/c1-3-38-29(37)33(24-11-5-4-6-12-24)19-20(2)27(35)32-26(28(36)31-18-25(34)17-30)16-21-13-14-22-9-7-8-10-23(22)15-21/h7-10,13-15,20,24-26,34H,3-6,11-12,16-19,30H2,1-2H3,(H,31,36)(H,32,35)/t20-,25?,26?/m1/s1. The molecule has 0 radical (unpaired) electrons. The number of hydrogen-bond donors (Lipinski definition) is 4. The van der Waals surface area contributed by atoms with Crippen LogP contribution < -0.4 is 16.4 Å². The summed E-state index contributed by atoms with van der Waals surface area (Å²) in [6.07, 6.45) is 4.02. The van der Waals surface area contributed by atoms with Crippen molar-refractivity contribution in [3.05, 3.63) is 48.0 Å². The van der Waals surface area contributed by atoms with E-state index in [0.29, 0.717) is 0 Å². The second-order valence-corrected chi connectivity index (χ2v) is 10.1. The fraction of sp³-hybridized carbons (Fsp3) is 0.552. The summed E-state index contributed by atoms with van der Waals surface area (Å²) >= 11 is 0. The number of nitrogens with one attached hydrogen (secondary N) is 2. The predicted molar refractivity (Wildman–Crippen MR) is 147 cm³/mol. The monoisotopic (exact) mass is 526 g/mol. The van der Waals surface area contributed by atoms with Gasteiger partial charge in [0.2, 0.25) is 11.8 Å². The number of aliphatic hydroxyl groups excluding tert-OH is 1. The molecule has 5 N–H and O–H groups in total. The second kappa shape index (κ2) is 14.7. The summed E-state index contributed by atoms with van der Waals surface area (Å²) in [6, 6.07) is 13.1. The topological polar surface area (TPSA) is 134 Å². The van der Waals surface area contributed by atoms with Crippen molar-refractivity contribution in [1.29, 1.82) is 0 Å². The van der Waals surface area contributed by atoms with Crippen molar-refractivity contribution >= 4 is 28.7 Å². The van der Waals surface area contributed by atoms with Crippen LogP contribution in [0.2, 0.25) is 0 Å². The van der Waals surface area contributed by atoms with E-state index in [0.717, 1.165) is 48.4 Å². The lowest BCUT2D eigenvalue weighted by atomic mass is 9.93. The largest absolute Gasteiger partial charge is 0.450 e. The number of hydrogen-bond acceptors (Lipinski definition) is 6. The van der Waals surface area contributed by atoms with Gasteiger partial charge in [-0.1, -0.05) is 68.7 Å². The molecule has 2 unspecified atom stereocenters. The van der Waals surface area contributed by atoms with Gasteiger partial charge in [-0.2, -0.15) is 0 Å². The van der Waals surface area contributed by atoms with E-state index in [9.17, 15) is 19.5 Å². The molecule has 208 valence electrons. The number of fused-ring (bicyclic) bond motifs is 1. The molecule has 0 spiro atoms. The molecule has 0 heterocycles. The fourth-order valence-electron chi connectivity index (χ4n) is 4.90. The molecule has 0 aromatic heterocycles. The van der Waals surface area contributed by atoms with Crippen LogP contribution in [0, 0.1) is 5.92 Å². The van der Waals surface area contributed by atoms with Crippen LogP contribution in [-0.4, -0.2) is 72.3 Å². The molecular weight excluding hydrogens is 484 g/mol. The van der Waals surface area contributed by atoms with E-state index in [2.05, 4.69) is 10.6 Å². The van der Waals surface area contributed by atoms with Gasteiger partial charge >= 0.3 is 6.09 Å². The van der Waals surface area contributed by atoms with Gasteiger partial charge in [0.1, 0.15) is 6.04 Å². The third kappa shape index (κ3) is 8.43. The summed E-state index contributed by atoms with van der Waals surface area (Å²) in [5.74, 6) is -1.28. The lowest BCUT2D eigenvalue weighted by Crippen LogP contribution is -2.53. The van der Waals surface area contributed by atoms with Crippen molar-refractivity contribution in [2.45, 2.75) is 70.6 Å². The van der Waals surface area contributed by atoms with Crippen LogP contribution in [-0.2, 0) is 20.7 Å². The van der Waals surface area contributed by atoms with E-state index >= 15 is 0 Å². The van der Waals surface area contributed by atoms with Gasteiger partial charge in [0.15, 0.2) is 0 Å². The van der Waals surface area contributed by atoms with E-state index in [4.69, 9.17) is 10.5 Å². The van der Waals surface area contributed by atoms with E-state index in [1.807, 2.05) is 42.5 Å². The molecule has 0 bridgehead atoms. The van der Waals surface area contributed by atoms with Gasteiger partial charge < -0.3 is 31.1 Å². The van der Waals surface area contributed by atoms with E-state index in [1.54, 1.807) is 18.7 Å². The Kier molecular flexibility index (Phi) is 11.4. The molecule has 3 atom stereocenters. The van der Waals surface area contributed by atoms with Gasteiger partial charge in [-0.3, -0.25) is 9.59 Å². The van der Waals surface area contributed by atoms with Crippen LogP contribution in [0.25, 0.3) is 10.8 Å². The molecule has 9 nitrogen and oxygen atoms in total. The molecule has 38 heavy (non-hydrogen) atoms. The zero-order chi connectivity index (χ0) is 27.5. The number of amides is 3. The summed E-state index contributed by atoms with van der Waals surface area (Å²) in [5, 5.41) is 17.5. The number of nitrogens with two attached hydrogens (primary N) is 1. The van der Waals surface area contributed by atoms with Crippen LogP contribution in [0.4, 0.5) is 4.79 Å². The molecule has 3 amide bonds. The Morgan fingerprint density at radius 1 is 1.08 bits per heavy atom. The van der Waals surface area contributed by atoms with Gasteiger partial charge in [0.25, 0.3) is 0 Å². The Morgan fingerprint density at radius 3 is 2.47 bits per heavy atom. The molecule has 2 aromatic carbocycles. The summed E-state index contributed by atoms with van der Waals surface area (Å²) in [5.41, 5.74) is 6.37. The highest BCUT2D eigenvalue weighted by Gasteiger charge is 2.31. The highest BCUT2D eigenvalue weighted by Crippen LogP contribution is 2.24. The van der Waals surface area contributed by atoms with Crippen LogP contribution in [0.3, 0.4) is 0 Å². The highest BCUT2D eigenvalue weighted by molar-refractivity contribution is 5.89. The lowest BCUT2D eigenvalue weighted by molar-refractivity contribution is -0.131. The van der Waals surface area contributed by atoms with Gasteiger partial charge in [0.05, 0.1) is 18.6 Å². The first-order valence-corrected chi connectivity index (χ1v) is 13.7. The molecule has 9 heteroatoms. The highest BCUT2D eigenvalue weighted by atomic mass is 16.6. The molecular formula is C29H42N4O5. The van der Waals surface area contributed by atoms with Crippen LogP contribution in [0.1, 0.15) is 51.5 Å². The quantitative estimate of drug-likeness (QED) is 0.336. The van der Waals surface area contributed by atoms with Crippen LogP contribution >= 0.6 is 0 Å². The SMILES string of the molecule is CCOC(=O)N(C[C@@H](C)C(=O)NC(Cc1ccc2ccccc2c1)C(=O)NCC(O)CN)C1CCCCC1. The summed E-state index contributed by atoms with van der Waals surface area (Å²) in [7, 11) is 0. The Labute approximate surface area is 225 Å². The molecule has 3 rings (SSSR count). The number of benzene rings is 2. The zero-order valence-corrected chi connectivity index (χ0v) is 22.5. The van der Waals surface area contributed by atoms with Crippen molar-refractivity contribution in [1.82, 2.24) is 15.5 Å². The van der Waals surface area contributed by atoms with Crippen molar-refractivity contribution in [3.8, 4) is 0 Å². The first kappa shape index (κ1) is 29.4. The number of carbonyl (C=O) groups excluding carboxylic acids is 3. The molecule has 1 fully saturated rings. The minimum atomic E-state index is -0.872. The number of rotatable bonds is 12. The molecule has 0 aliphatic heterocycles. The maximum absolute atomic E-state index is 13.3. The Morgan fingerprint density at radius 2 is 1.79 bits per heavy atom. The molecule has 1 saturated carbocycles. The maximum atomic E-state index is 13.3. The normalized spacial score (nSPS) is 16.3. The van der Waals surface area contributed by atoms with Gasteiger partial charge in [-0.25, -0.2) is 4.79 Å². The number of ether oxygens (including phenoxy) is 1. The van der Waals surface area contributed by atoms with Crippen molar-refractivity contribution in [3.63, 3.8) is 0 Å². The Balaban J connectivity index is 1.73. The van der Waals surface area contributed by atoms with Crippen molar-refractivity contribution in [2.75, 3.05) is 26.2 Å². The summed E-state index contributed by atoms with van der Waals surface area (Å²) in [4.78, 5) is 40.8. The summed E-state index contributed by atoms with van der Waals surface area (Å²) < 4.78 is 5.29. The predicted octanol–water partition coefficient (Wildman–Crippen LogP) is 2.73. The zero-order valence-electron chi connectivity index (χ0n) is 22.5. The number of nitrogens with zero attached hydrogens (tertiary/aromatic N) is 1. The van der Waals surface area contributed by atoms with Crippen molar-refractivity contribution in [2.24, 2.45) is 11.7 Å². The van der Waals surface area contributed by atoms with Crippen molar-refractivity contribution < 1.29 is 24.2 Å². The first-order valence-electron chi connectivity index (χ1n) is 13.7. The smallest absolute Gasteiger partial charge is 0.410 e. The van der Waals surface area contributed by atoms with Gasteiger partial charge in [0, 0.05) is 32.1 Å². The maximum Gasteiger partial charge on any atom is 0.410 e. The lowest BCUT2D eigenvalue weighted by Gasteiger charge is -2.35. The molecule has 1 aliphatic carbocycles. The minimum Gasteiger partial charge on any atom is -0.450 e. The Hall–Kier alpha value is -3.17. The number of carbonyl (C=O) groups is 3. The molecule has 2 aromatic rings. The second-order valence-electron chi connectivity index (χ2n) is 10.1. The van der Waals surface area contributed by atoms with E-state index in [1.165, 1.54) is 0 Å². The minimum absolute atomic E-state index is 0.00665. The Bertz CT molecular complexity index is 1070.